The summed E-state index contributed by atoms with van der Waals surface area (Å²) < 4.78 is 27.8. The second kappa shape index (κ2) is 28.4. The fourth-order valence-corrected chi connectivity index (χ4v) is 20.6. The highest BCUT2D eigenvalue weighted by atomic mass is 16.3. The molecule has 0 aliphatic carbocycles. The van der Waals surface area contributed by atoms with Crippen molar-refractivity contribution in [2.75, 3.05) is 9.80 Å². The third kappa shape index (κ3) is 11.1. The molecular formula is C120H72N2O4. The summed E-state index contributed by atoms with van der Waals surface area (Å²) >= 11 is 0. The number of fused-ring (bicyclic) bond motifs is 20. The summed E-state index contributed by atoms with van der Waals surface area (Å²) in [6, 6.07) is 159. The fraction of sp³-hybridized carbons (Fsp3) is 0. The van der Waals surface area contributed by atoms with Gasteiger partial charge in [0.2, 0.25) is 0 Å². The van der Waals surface area contributed by atoms with E-state index in [0.717, 1.165) is 243 Å². The average molecular weight is 1610 g/mol. The van der Waals surface area contributed by atoms with Crippen LogP contribution in [0.25, 0.3) is 230 Å². The van der Waals surface area contributed by atoms with Crippen LogP contribution in [-0.2, 0) is 0 Å². The molecule has 26 aromatic rings. The quantitative estimate of drug-likeness (QED) is 0.107. The first-order chi connectivity index (χ1) is 62.5. The van der Waals surface area contributed by atoms with Gasteiger partial charge in [-0.2, -0.15) is 0 Å². The molecule has 6 nitrogen and oxygen atoms in total. The van der Waals surface area contributed by atoms with E-state index in [9.17, 15) is 0 Å². The molecule has 126 heavy (non-hydrogen) atoms. The van der Waals surface area contributed by atoms with E-state index in [1.807, 2.05) is 24.3 Å². The first-order valence-electron chi connectivity index (χ1n) is 43.1. The SMILES string of the molecule is c1cc(-c2ccc3c(c2)oc2ccccc23)cc(N(c2ccccc2-c2cccc3c2oc2ccccc23)c2c(-c3cccc4cc(-c5ccc6c(c5)oc5c(-c7cccc(N(c8ccccc8-c8cccc9c8oc8ccccc89)c8c(-c9cccc%10ccccc9%10)c9ccccc9c9ccccc89)c7)cccc56)ccc34)c3ccccc3c3ccccc23)c1. The van der Waals surface area contributed by atoms with Crippen molar-refractivity contribution in [3.63, 3.8) is 0 Å². The number of benzene rings is 22. The molecule has 4 heterocycles. The molecule has 0 fully saturated rings. The van der Waals surface area contributed by atoms with Crippen LogP contribution in [0.15, 0.2) is 454 Å². The topological polar surface area (TPSA) is 59.0 Å². The van der Waals surface area contributed by atoms with Crippen molar-refractivity contribution in [1.82, 2.24) is 0 Å². The smallest absolute Gasteiger partial charge is 0.143 e. The number of rotatable bonds is 13. The third-order valence-electron chi connectivity index (χ3n) is 26.2. The molecule has 0 unspecified atom stereocenters. The molecule has 0 atom stereocenters. The van der Waals surface area contributed by atoms with Crippen LogP contribution in [0, 0.1) is 0 Å². The molecular weight excluding hydrogens is 1530 g/mol. The first-order valence-corrected chi connectivity index (χ1v) is 43.1. The molecule has 0 saturated carbocycles. The van der Waals surface area contributed by atoms with Crippen LogP contribution in [-0.4, -0.2) is 0 Å². The van der Waals surface area contributed by atoms with Gasteiger partial charge in [0, 0.05) is 104 Å². The van der Waals surface area contributed by atoms with Crippen LogP contribution >= 0.6 is 0 Å². The van der Waals surface area contributed by atoms with Gasteiger partial charge in [0.1, 0.15) is 44.7 Å². The minimum absolute atomic E-state index is 0.806. The molecule has 0 radical (unpaired) electrons. The monoisotopic (exact) mass is 1600 g/mol. The Hall–Kier alpha value is -16.8. The lowest BCUT2D eigenvalue weighted by Crippen LogP contribution is -2.13. The summed E-state index contributed by atoms with van der Waals surface area (Å²) in [5, 5.41) is 22.4. The summed E-state index contributed by atoms with van der Waals surface area (Å²) in [7, 11) is 0. The molecule has 0 amide bonds. The van der Waals surface area contributed by atoms with E-state index >= 15 is 0 Å². The van der Waals surface area contributed by atoms with Crippen molar-refractivity contribution < 1.29 is 17.7 Å². The van der Waals surface area contributed by atoms with Gasteiger partial charge < -0.3 is 27.5 Å². The second-order valence-electron chi connectivity index (χ2n) is 33.1. The third-order valence-corrected chi connectivity index (χ3v) is 26.2. The van der Waals surface area contributed by atoms with E-state index < -0.39 is 0 Å². The molecule has 0 N–H and O–H groups in total. The van der Waals surface area contributed by atoms with Gasteiger partial charge in [-0.3, -0.25) is 0 Å². The highest BCUT2D eigenvalue weighted by Gasteiger charge is 2.32. The zero-order valence-electron chi connectivity index (χ0n) is 68.1. The predicted octanol–water partition coefficient (Wildman–Crippen LogP) is 34.8. The number of hydrogen-bond donors (Lipinski definition) is 0. The Morgan fingerprint density at radius 1 is 0.151 bits per heavy atom. The molecule has 0 saturated heterocycles. The molecule has 6 heteroatoms. The lowest BCUT2D eigenvalue weighted by atomic mass is 9.87. The zero-order valence-corrected chi connectivity index (χ0v) is 68.1. The largest absolute Gasteiger partial charge is 0.456 e. The Kier molecular flexibility index (Phi) is 16.0. The standard InChI is InChI=1S/C120H72N2O4/c1-2-35-82-73(28-1)29-23-50-96(82)114-98-45-7-3-36-85(98)87-38-5-9-47-100(87)116(114)122(108-58-17-12-41-90(108)103-53-27-56-105-93-44-15-20-61-111(93)125-120(103)105)81-34-22-31-79(70-81)84-49-25-54-106-95-67-64-77(72-113(95)126-118(84)106)75-62-65-83-78(68-75)32-24-51-97(83)115-99-46-8-4-37-86(99)88-39-6-10-48-101(88)117(115)121(80-33-21-30-74(69-80)76-63-66-94-91-42-13-18-59-109(91)123-112(94)71-76)107-57-16-11-40-89(107)102-52-26-55-104-92-43-14-19-60-110(92)124-119(102)104/h1-72H. The van der Waals surface area contributed by atoms with E-state index in [1.165, 1.54) is 21.5 Å². The summed E-state index contributed by atoms with van der Waals surface area (Å²) in [5.41, 5.74) is 27.6. The van der Waals surface area contributed by atoms with Crippen LogP contribution in [0.2, 0.25) is 0 Å². The van der Waals surface area contributed by atoms with E-state index in [1.54, 1.807) is 0 Å². The van der Waals surface area contributed by atoms with Crippen molar-refractivity contribution in [3.05, 3.63) is 437 Å². The van der Waals surface area contributed by atoms with Crippen molar-refractivity contribution in [2.45, 2.75) is 0 Å². The van der Waals surface area contributed by atoms with E-state index in [4.69, 9.17) is 17.7 Å². The lowest BCUT2D eigenvalue weighted by Gasteiger charge is -2.32. The van der Waals surface area contributed by atoms with Gasteiger partial charge in [0.25, 0.3) is 0 Å². The summed E-state index contributed by atoms with van der Waals surface area (Å²) in [6.45, 7) is 0. The molecule has 0 bridgehead atoms. The second-order valence-corrected chi connectivity index (χ2v) is 33.1. The van der Waals surface area contributed by atoms with E-state index in [2.05, 4.69) is 422 Å². The van der Waals surface area contributed by atoms with Crippen molar-refractivity contribution >= 4 is 187 Å². The van der Waals surface area contributed by atoms with Crippen molar-refractivity contribution in [2.24, 2.45) is 0 Å². The minimum atomic E-state index is 0.806. The maximum Gasteiger partial charge on any atom is 0.143 e. The Morgan fingerprint density at radius 3 is 0.992 bits per heavy atom. The fourth-order valence-electron chi connectivity index (χ4n) is 20.6. The van der Waals surface area contributed by atoms with E-state index in [0.29, 0.717) is 0 Å². The molecule has 0 spiro atoms. The maximum absolute atomic E-state index is 7.38. The van der Waals surface area contributed by atoms with Gasteiger partial charge in [-0.05, 0) is 178 Å². The number of hydrogen-bond acceptors (Lipinski definition) is 6. The average Bonchev–Trinajstić information content (AvgIpc) is 1.27. The molecule has 4 aromatic heterocycles. The van der Waals surface area contributed by atoms with Gasteiger partial charge in [0.05, 0.1) is 22.7 Å². The Labute approximate surface area is 723 Å². The molecule has 0 aliphatic rings. The summed E-state index contributed by atoms with van der Waals surface area (Å²) in [5.74, 6) is 0. The van der Waals surface area contributed by atoms with Crippen LogP contribution in [0.3, 0.4) is 0 Å². The number of para-hydroxylation sites is 8. The Morgan fingerprint density at radius 2 is 0.452 bits per heavy atom. The minimum Gasteiger partial charge on any atom is -0.456 e. The molecule has 26 rings (SSSR count). The number of nitrogens with zero attached hydrogens (tertiary/aromatic N) is 2. The maximum atomic E-state index is 7.38. The predicted molar refractivity (Wildman–Crippen MR) is 528 cm³/mol. The van der Waals surface area contributed by atoms with Crippen LogP contribution in [0.1, 0.15) is 0 Å². The molecule has 0 aliphatic heterocycles. The van der Waals surface area contributed by atoms with Crippen molar-refractivity contribution in [3.8, 4) is 77.9 Å². The Bertz CT molecular complexity index is 9040. The van der Waals surface area contributed by atoms with Gasteiger partial charge in [-0.1, -0.05) is 352 Å². The van der Waals surface area contributed by atoms with Crippen LogP contribution in [0.5, 0.6) is 0 Å². The highest BCUT2D eigenvalue weighted by Crippen LogP contribution is 2.57. The Balaban J connectivity index is 0.634. The van der Waals surface area contributed by atoms with Gasteiger partial charge in [-0.15, -0.1) is 0 Å². The number of anilines is 6. The summed E-state index contributed by atoms with van der Waals surface area (Å²) in [4.78, 5) is 5.05. The lowest BCUT2D eigenvalue weighted by molar-refractivity contribution is 0.669. The van der Waals surface area contributed by atoms with E-state index in [-0.39, 0.29) is 0 Å². The molecule has 586 valence electrons. The number of furan rings is 4. The normalized spacial score (nSPS) is 12.0. The van der Waals surface area contributed by atoms with Gasteiger partial charge >= 0.3 is 0 Å². The van der Waals surface area contributed by atoms with Crippen LogP contribution < -0.4 is 9.80 Å². The zero-order chi connectivity index (χ0) is 82.6. The first kappa shape index (κ1) is 71.0. The van der Waals surface area contributed by atoms with Crippen molar-refractivity contribution in [1.29, 1.82) is 0 Å². The van der Waals surface area contributed by atoms with Crippen LogP contribution in [0.4, 0.5) is 34.1 Å². The van der Waals surface area contributed by atoms with Gasteiger partial charge in [0.15, 0.2) is 0 Å². The summed E-state index contributed by atoms with van der Waals surface area (Å²) in [6.07, 6.45) is 0. The highest BCUT2D eigenvalue weighted by molar-refractivity contribution is 6.28. The van der Waals surface area contributed by atoms with Gasteiger partial charge in [-0.25, -0.2) is 0 Å². The molecule has 22 aromatic carbocycles.